The molecule has 1 aliphatic rings. The van der Waals surface area contributed by atoms with Crippen molar-refractivity contribution in [2.45, 2.75) is 19.4 Å². The van der Waals surface area contributed by atoms with Crippen molar-refractivity contribution >= 4 is 5.97 Å². The summed E-state index contributed by atoms with van der Waals surface area (Å²) in [4.78, 5) is 11.4. The summed E-state index contributed by atoms with van der Waals surface area (Å²) in [6, 6.07) is 23.0. The fourth-order valence-corrected chi connectivity index (χ4v) is 3.72. The number of hydrogen-bond acceptors (Lipinski definition) is 3. The Hall–Kier alpha value is -3.33. The van der Waals surface area contributed by atoms with Gasteiger partial charge in [-0.3, -0.25) is 0 Å². The van der Waals surface area contributed by atoms with Crippen LogP contribution in [0.2, 0.25) is 0 Å². The van der Waals surface area contributed by atoms with Crippen molar-refractivity contribution in [3.05, 3.63) is 90.5 Å². The molecular weight excluding hydrogens is 348 g/mol. The molecule has 0 spiro atoms. The highest BCUT2D eigenvalue weighted by atomic mass is 16.6. The van der Waals surface area contributed by atoms with Gasteiger partial charge in [0.1, 0.15) is 18.5 Å². The number of ether oxygens (including phenoxy) is 2. The molecule has 0 N–H and O–H groups in total. The van der Waals surface area contributed by atoms with E-state index in [4.69, 9.17) is 9.47 Å². The van der Waals surface area contributed by atoms with Gasteiger partial charge in [-0.1, -0.05) is 67.2 Å². The fourth-order valence-electron chi connectivity index (χ4n) is 3.72. The molecule has 0 heterocycles. The zero-order chi connectivity index (χ0) is 19.5. The Morgan fingerprint density at radius 1 is 0.964 bits per heavy atom. The van der Waals surface area contributed by atoms with Crippen LogP contribution < -0.4 is 4.74 Å². The van der Waals surface area contributed by atoms with Crippen LogP contribution in [-0.4, -0.2) is 18.7 Å². The molecule has 28 heavy (non-hydrogen) atoms. The molecule has 0 aliphatic heterocycles. The van der Waals surface area contributed by atoms with Crippen LogP contribution >= 0.6 is 0 Å². The van der Waals surface area contributed by atoms with E-state index in [1.165, 1.54) is 22.3 Å². The molecule has 0 saturated heterocycles. The largest absolute Gasteiger partial charge is 0.489 e. The minimum atomic E-state index is -0.443. The molecule has 0 aromatic heterocycles. The van der Waals surface area contributed by atoms with E-state index in [-0.39, 0.29) is 12.7 Å². The number of hydrogen-bond donors (Lipinski definition) is 0. The smallest absolute Gasteiger partial charge is 0.330 e. The van der Waals surface area contributed by atoms with Gasteiger partial charge in [0.05, 0.1) is 0 Å². The molecule has 1 unspecified atom stereocenters. The molecule has 4 rings (SSSR count). The van der Waals surface area contributed by atoms with E-state index in [1.807, 2.05) is 18.2 Å². The zero-order valence-corrected chi connectivity index (χ0v) is 15.9. The van der Waals surface area contributed by atoms with E-state index in [2.05, 4.69) is 55.1 Å². The van der Waals surface area contributed by atoms with Crippen LogP contribution in [0.5, 0.6) is 5.75 Å². The molecular formula is C25H22O3. The molecule has 3 heteroatoms. The van der Waals surface area contributed by atoms with Gasteiger partial charge < -0.3 is 9.47 Å². The summed E-state index contributed by atoms with van der Waals surface area (Å²) in [5.41, 5.74) is 7.46. The minimum absolute atomic E-state index is 0.280. The first-order valence-electron chi connectivity index (χ1n) is 9.43. The van der Waals surface area contributed by atoms with Gasteiger partial charge in [-0.25, -0.2) is 4.79 Å². The van der Waals surface area contributed by atoms with Gasteiger partial charge in [0.25, 0.3) is 0 Å². The number of para-hydroxylation sites is 1. The highest BCUT2D eigenvalue weighted by Crippen LogP contribution is 2.44. The van der Waals surface area contributed by atoms with E-state index >= 15 is 0 Å². The molecule has 0 saturated carbocycles. The lowest BCUT2D eigenvalue weighted by Crippen LogP contribution is -2.21. The maximum absolute atomic E-state index is 11.4. The van der Waals surface area contributed by atoms with E-state index in [1.54, 1.807) is 6.92 Å². The standard InChI is InChI=1S/C25H22O3/c1-3-24(26)28-17(2)16-27-23-14-7-6-12-21(23)22-13-8-10-19-15-18-9-4-5-11-20(18)25(19)22/h3-14,17H,1,15-16H2,2H3. The van der Waals surface area contributed by atoms with Gasteiger partial charge in [0.15, 0.2) is 0 Å². The van der Waals surface area contributed by atoms with E-state index in [9.17, 15) is 4.79 Å². The molecule has 0 fully saturated rings. The SMILES string of the molecule is C=CC(=O)OC(C)COc1ccccc1-c1cccc2c1-c1ccccc1C2. The summed E-state index contributed by atoms with van der Waals surface area (Å²) < 4.78 is 11.2. The van der Waals surface area contributed by atoms with Gasteiger partial charge in [0.2, 0.25) is 0 Å². The van der Waals surface area contributed by atoms with Gasteiger partial charge in [0, 0.05) is 11.6 Å². The predicted octanol–water partition coefficient (Wildman–Crippen LogP) is 5.42. The van der Waals surface area contributed by atoms with Crippen molar-refractivity contribution in [1.29, 1.82) is 0 Å². The number of fused-ring (bicyclic) bond motifs is 3. The van der Waals surface area contributed by atoms with Crippen LogP contribution in [-0.2, 0) is 16.0 Å². The normalized spacial score (nSPS) is 12.6. The molecule has 1 aliphatic carbocycles. The van der Waals surface area contributed by atoms with Crippen molar-refractivity contribution < 1.29 is 14.3 Å². The molecule has 3 aromatic rings. The lowest BCUT2D eigenvalue weighted by Gasteiger charge is -2.17. The number of esters is 1. The first-order valence-corrected chi connectivity index (χ1v) is 9.43. The highest BCUT2D eigenvalue weighted by Gasteiger charge is 2.22. The van der Waals surface area contributed by atoms with E-state index in [0.717, 1.165) is 29.4 Å². The van der Waals surface area contributed by atoms with Crippen LogP contribution in [0.4, 0.5) is 0 Å². The third kappa shape index (κ3) is 3.44. The predicted molar refractivity (Wildman–Crippen MR) is 111 cm³/mol. The Labute approximate surface area is 165 Å². The second kappa shape index (κ2) is 7.73. The molecule has 0 radical (unpaired) electrons. The second-order valence-electron chi connectivity index (χ2n) is 6.93. The van der Waals surface area contributed by atoms with Crippen LogP contribution in [0.1, 0.15) is 18.1 Å². The molecule has 140 valence electrons. The van der Waals surface area contributed by atoms with Gasteiger partial charge in [-0.15, -0.1) is 0 Å². The average Bonchev–Trinajstić information content (AvgIpc) is 3.11. The number of carbonyl (C=O) groups is 1. The lowest BCUT2D eigenvalue weighted by molar-refractivity contribution is -0.143. The first-order chi connectivity index (χ1) is 13.7. The molecule has 1 atom stereocenters. The molecule has 0 bridgehead atoms. The summed E-state index contributed by atoms with van der Waals surface area (Å²) in [7, 11) is 0. The fraction of sp³-hybridized carbons (Fsp3) is 0.160. The first kappa shape index (κ1) is 18.1. The Balaban J connectivity index is 1.67. The van der Waals surface area contributed by atoms with Crippen LogP contribution in [0.3, 0.4) is 0 Å². The van der Waals surface area contributed by atoms with Crippen molar-refractivity contribution in [2.75, 3.05) is 6.61 Å². The van der Waals surface area contributed by atoms with Crippen LogP contribution in [0.25, 0.3) is 22.3 Å². The monoisotopic (exact) mass is 370 g/mol. The summed E-state index contributed by atoms with van der Waals surface area (Å²) in [5.74, 6) is 0.337. The zero-order valence-electron chi connectivity index (χ0n) is 15.9. The lowest BCUT2D eigenvalue weighted by atomic mass is 9.94. The van der Waals surface area contributed by atoms with E-state index in [0.29, 0.717) is 0 Å². The van der Waals surface area contributed by atoms with Crippen molar-refractivity contribution in [3.8, 4) is 28.0 Å². The number of rotatable bonds is 6. The number of benzene rings is 3. The third-order valence-corrected chi connectivity index (χ3v) is 4.95. The average molecular weight is 370 g/mol. The van der Waals surface area contributed by atoms with Gasteiger partial charge in [-0.2, -0.15) is 0 Å². The summed E-state index contributed by atoms with van der Waals surface area (Å²) in [5, 5.41) is 0. The maximum Gasteiger partial charge on any atom is 0.330 e. The second-order valence-corrected chi connectivity index (χ2v) is 6.93. The Morgan fingerprint density at radius 3 is 2.46 bits per heavy atom. The van der Waals surface area contributed by atoms with Gasteiger partial charge >= 0.3 is 5.97 Å². The Bertz CT molecular complexity index is 1040. The third-order valence-electron chi connectivity index (χ3n) is 4.95. The van der Waals surface area contributed by atoms with Crippen molar-refractivity contribution in [2.24, 2.45) is 0 Å². The van der Waals surface area contributed by atoms with Crippen molar-refractivity contribution in [1.82, 2.24) is 0 Å². The quantitative estimate of drug-likeness (QED) is 0.336. The summed E-state index contributed by atoms with van der Waals surface area (Å²) >= 11 is 0. The van der Waals surface area contributed by atoms with Crippen LogP contribution in [0, 0.1) is 0 Å². The molecule has 0 amide bonds. The van der Waals surface area contributed by atoms with E-state index < -0.39 is 5.97 Å². The summed E-state index contributed by atoms with van der Waals surface area (Å²) in [6.07, 6.45) is 1.76. The van der Waals surface area contributed by atoms with Crippen molar-refractivity contribution in [3.63, 3.8) is 0 Å². The molecule has 3 aromatic carbocycles. The Kier molecular flexibility index (Phi) is 4.98. The Morgan fingerprint density at radius 2 is 1.64 bits per heavy atom. The van der Waals surface area contributed by atoms with Crippen LogP contribution in [0.15, 0.2) is 79.4 Å². The number of carbonyl (C=O) groups excluding carboxylic acids is 1. The topological polar surface area (TPSA) is 35.5 Å². The maximum atomic E-state index is 11.4. The van der Waals surface area contributed by atoms with Gasteiger partial charge in [-0.05, 0) is 47.2 Å². The molecule has 3 nitrogen and oxygen atoms in total. The summed E-state index contributed by atoms with van der Waals surface area (Å²) in [6.45, 7) is 5.51. The minimum Gasteiger partial charge on any atom is -0.489 e. The highest BCUT2D eigenvalue weighted by molar-refractivity contribution is 5.91.